The highest BCUT2D eigenvalue weighted by Gasteiger charge is 2.36. The van der Waals surface area contributed by atoms with Gasteiger partial charge in [0.2, 0.25) is 0 Å². The zero-order chi connectivity index (χ0) is 17.8. The Morgan fingerprint density at radius 2 is 2.12 bits per heavy atom. The van der Waals surface area contributed by atoms with Crippen LogP contribution in [0.2, 0.25) is 0 Å². The predicted molar refractivity (Wildman–Crippen MR) is 105 cm³/mol. The third-order valence-electron chi connectivity index (χ3n) is 4.15. The number of benzene rings is 1. The molecule has 3 rings (SSSR count). The van der Waals surface area contributed by atoms with Crippen molar-refractivity contribution in [3.05, 3.63) is 51.1 Å². The van der Waals surface area contributed by atoms with Gasteiger partial charge in [0.25, 0.3) is 5.91 Å². The summed E-state index contributed by atoms with van der Waals surface area (Å²) in [5, 5.41) is 9.31. The Kier molecular flexibility index (Phi) is 5.74. The molecule has 0 bridgehead atoms. The lowest BCUT2D eigenvalue weighted by Gasteiger charge is -2.25. The van der Waals surface area contributed by atoms with Gasteiger partial charge in [0.05, 0.1) is 19.7 Å². The van der Waals surface area contributed by atoms with Crippen LogP contribution in [0, 0.1) is 0 Å². The summed E-state index contributed by atoms with van der Waals surface area (Å²) >= 11 is 2.27. The number of carbonyl (C=O) groups is 1. The number of allylic oxidation sites excluding steroid dienone is 2. The van der Waals surface area contributed by atoms with Gasteiger partial charge in [0.1, 0.15) is 12.5 Å². The first-order valence-electron chi connectivity index (χ1n) is 7.95. The summed E-state index contributed by atoms with van der Waals surface area (Å²) in [4.78, 5) is 12.4. The minimum Gasteiger partial charge on any atom is -0.497 e. The summed E-state index contributed by atoms with van der Waals surface area (Å²) in [6.45, 7) is 0.804. The van der Waals surface area contributed by atoms with Crippen LogP contribution in [0.25, 0.3) is 0 Å². The topological polar surface area (TPSA) is 63.2 Å². The lowest BCUT2D eigenvalue weighted by Crippen LogP contribution is -2.34. The van der Waals surface area contributed by atoms with Gasteiger partial charge in [-0.3, -0.25) is 9.80 Å². The Hall–Kier alpha value is -1.87. The van der Waals surface area contributed by atoms with Crippen LogP contribution in [0.5, 0.6) is 5.75 Å². The van der Waals surface area contributed by atoms with E-state index in [0.29, 0.717) is 12.3 Å². The molecule has 132 valence electrons. The van der Waals surface area contributed by atoms with E-state index in [1.807, 2.05) is 35.4 Å². The van der Waals surface area contributed by atoms with Crippen LogP contribution in [-0.4, -0.2) is 43.6 Å². The van der Waals surface area contributed by atoms with Gasteiger partial charge in [0.15, 0.2) is 5.71 Å². The van der Waals surface area contributed by atoms with Crippen LogP contribution in [0.4, 0.5) is 0 Å². The van der Waals surface area contributed by atoms with Crippen LogP contribution in [-0.2, 0) is 16.1 Å². The molecule has 2 aliphatic rings. The quantitative estimate of drug-likeness (QED) is 0.532. The van der Waals surface area contributed by atoms with E-state index in [4.69, 9.17) is 9.47 Å². The van der Waals surface area contributed by atoms with Gasteiger partial charge < -0.3 is 14.8 Å². The second-order valence-corrected chi connectivity index (χ2v) is 7.02. The molecular formula is C18H20IN3O3. The molecule has 0 saturated heterocycles. The maximum absolute atomic E-state index is 12.4. The van der Waals surface area contributed by atoms with E-state index >= 15 is 0 Å². The van der Waals surface area contributed by atoms with Crippen LogP contribution in [0.1, 0.15) is 12.0 Å². The van der Waals surface area contributed by atoms with Crippen LogP contribution >= 0.6 is 22.6 Å². The highest BCUT2D eigenvalue weighted by Crippen LogP contribution is 2.33. The fraction of sp³-hybridized carbons (Fsp3) is 0.333. The number of nitrogens with zero attached hydrogens (tertiary/aromatic N) is 2. The minimum absolute atomic E-state index is 0.0870. The molecule has 1 aliphatic heterocycles. The number of fused-ring (bicyclic) bond motifs is 1. The molecular weight excluding hydrogens is 433 g/mol. The number of nitrogens with one attached hydrogen (secondary N) is 1. The first kappa shape index (κ1) is 17.9. The number of ether oxygens (including phenoxy) is 2. The SMILES string of the molecule is COCNC(=O)C1=NN(Cc2ccc(OC)cc2)C2CC=C(I)C=C12. The summed E-state index contributed by atoms with van der Waals surface area (Å²) in [6.07, 6.45) is 5.04. The monoisotopic (exact) mass is 453 g/mol. The molecule has 1 aliphatic carbocycles. The minimum atomic E-state index is -0.207. The van der Waals surface area contributed by atoms with Crippen molar-refractivity contribution in [2.24, 2.45) is 5.10 Å². The zero-order valence-corrected chi connectivity index (χ0v) is 16.3. The first-order chi connectivity index (χ1) is 12.1. The fourth-order valence-electron chi connectivity index (χ4n) is 2.88. The molecule has 1 aromatic rings. The molecule has 25 heavy (non-hydrogen) atoms. The lowest BCUT2D eigenvalue weighted by atomic mass is 9.95. The van der Waals surface area contributed by atoms with Crippen molar-refractivity contribution in [2.45, 2.75) is 19.0 Å². The molecule has 0 spiro atoms. The maximum Gasteiger partial charge on any atom is 0.273 e. The number of rotatable bonds is 6. The van der Waals surface area contributed by atoms with Crippen molar-refractivity contribution in [2.75, 3.05) is 21.0 Å². The van der Waals surface area contributed by atoms with Gasteiger partial charge in [0, 0.05) is 16.3 Å². The molecule has 0 aromatic heterocycles. The molecule has 1 unspecified atom stereocenters. The Morgan fingerprint density at radius 3 is 2.80 bits per heavy atom. The molecule has 1 N–H and O–H groups in total. The van der Waals surface area contributed by atoms with E-state index in [1.165, 1.54) is 0 Å². The van der Waals surface area contributed by atoms with E-state index in [9.17, 15) is 4.79 Å². The van der Waals surface area contributed by atoms with E-state index < -0.39 is 0 Å². The number of hydrogen-bond donors (Lipinski definition) is 1. The van der Waals surface area contributed by atoms with Crippen molar-refractivity contribution in [3.63, 3.8) is 0 Å². The summed E-state index contributed by atoms with van der Waals surface area (Å²) in [5.41, 5.74) is 2.55. The Bertz CT molecular complexity index is 740. The highest BCUT2D eigenvalue weighted by atomic mass is 127. The molecule has 0 radical (unpaired) electrons. The van der Waals surface area contributed by atoms with Crippen molar-refractivity contribution >= 4 is 34.2 Å². The molecule has 1 aromatic carbocycles. The molecule has 0 fully saturated rings. The van der Waals surface area contributed by atoms with Crippen molar-refractivity contribution in [1.29, 1.82) is 0 Å². The number of halogens is 1. The van der Waals surface area contributed by atoms with Crippen molar-refractivity contribution < 1.29 is 14.3 Å². The van der Waals surface area contributed by atoms with E-state index in [0.717, 1.165) is 26.9 Å². The standard InChI is InChI=1S/C18H20IN3O3/c1-24-11-20-18(23)17-15-9-13(19)5-8-16(15)22(21-17)10-12-3-6-14(25-2)7-4-12/h3-7,9,16H,8,10-11H2,1-2H3,(H,20,23). The smallest absolute Gasteiger partial charge is 0.273 e. The van der Waals surface area contributed by atoms with Gasteiger partial charge in [-0.1, -0.05) is 18.2 Å². The zero-order valence-electron chi connectivity index (χ0n) is 14.2. The summed E-state index contributed by atoms with van der Waals surface area (Å²) < 4.78 is 11.3. The van der Waals surface area contributed by atoms with Gasteiger partial charge >= 0.3 is 0 Å². The lowest BCUT2D eigenvalue weighted by molar-refractivity contribution is -0.116. The molecule has 1 atom stereocenters. The van der Waals surface area contributed by atoms with Crippen LogP contribution < -0.4 is 10.1 Å². The molecule has 7 heteroatoms. The van der Waals surface area contributed by atoms with Crippen molar-refractivity contribution in [3.8, 4) is 5.75 Å². The number of amides is 1. The summed E-state index contributed by atoms with van der Waals surface area (Å²) in [7, 11) is 3.19. The van der Waals surface area contributed by atoms with Gasteiger partial charge in [-0.05, 0) is 52.8 Å². The number of methoxy groups -OCH3 is 2. The summed E-state index contributed by atoms with van der Waals surface area (Å²) in [5.74, 6) is 0.616. The third kappa shape index (κ3) is 4.04. The van der Waals surface area contributed by atoms with Gasteiger partial charge in [-0.2, -0.15) is 5.10 Å². The van der Waals surface area contributed by atoms with Crippen molar-refractivity contribution in [1.82, 2.24) is 10.3 Å². The van der Waals surface area contributed by atoms with Crippen LogP contribution in [0.3, 0.4) is 0 Å². The molecule has 0 saturated carbocycles. The predicted octanol–water partition coefficient (Wildman–Crippen LogP) is 2.60. The Labute approximate surface area is 160 Å². The molecule has 6 nitrogen and oxygen atoms in total. The second-order valence-electron chi connectivity index (χ2n) is 5.77. The third-order valence-corrected chi connectivity index (χ3v) is 4.90. The highest BCUT2D eigenvalue weighted by molar-refractivity contribution is 14.1. The fourth-order valence-corrected chi connectivity index (χ4v) is 3.47. The van der Waals surface area contributed by atoms with E-state index in [1.54, 1.807) is 14.2 Å². The molecule has 1 heterocycles. The largest absolute Gasteiger partial charge is 0.497 e. The van der Waals surface area contributed by atoms with Crippen LogP contribution in [0.15, 0.2) is 50.7 Å². The first-order valence-corrected chi connectivity index (χ1v) is 9.03. The number of carbonyl (C=O) groups excluding carboxylic acids is 1. The van der Waals surface area contributed by atoms with Gasteiger partial charge in [-0.15, -0.1) is 0 Å². The second kappa shape index (κ2) is 8.01. The maximum atomic E-state index is 12.4. The number of hydrazone groups is 1. The average Bonchev–Trinajstić information content (AvgIpc) is 2.98. The van der Waals surface area contributed by atoms with Gasteiger partial charge in [-0.25, -0.2) is 0 Å². The van der Waals surface area contributed by atoms with E-state index in [-0.39, 0.29) is 18.7 Å². The Balaban J connectivity index is 1.82. The average molecular weight is 453 g/mol. The molecule has 1 amide bonds. The number of hydrogen-bond acceptors (Lipinski definition) is 5. The normalized spacial score (nSPS) is 18.9. The van der Waals surface area contributed by atoms with E-state index in [2.05, 4.69) is 39.1 Å². The Morgan fingerprint density at radius 1 is 1.36 bits per heavy atom. The summed E-state index contributed by atoms with van der Waals surface area (Å²) in [6, 6.07) is 7.99.